The SMILES string of the molecule is CCCNC(C)c1ccc(N2CCNC(=O)C2CC)cc1. The maximum Gasteiger partial charge on any atom is 0.242 e. The lowest BCUT2D eigenvalue weighted by molar-refractivity contribution is -0.123. The second-order valence-corrected chi connectivity index (χ2v) is 5.68. The van der Waals surface area contributed by atoms with Gasteiger partial charge in [-0.2, -0.15) is 0 Å². The van der Waals surface area contributed by atoms with Crippen LogP contribution in [0.3, 0.4) is 0 Å². The number of carbonyl (C=O) groups is 1. The fraction of sp³-hybridized carbons (Fsp3) is 0.588. The first kappa shape index (κ1) is 15.8. The van der Waals surface area contributed by atoms with Crippen LogP contribution in [0.15, 0.2) is 24.3 Å². The fourth-order valence-corrected chi connectivity index (χ4v) is 2.86. The van der Waals surface area contributed by atoms with Crippen molar-refractivity contribution in [1.82, 2.24) is 10.6 Å². The first-order chi connectivity index (χ1) is 10.2. The highest BCUT2D eigenvalue weighted by Gasteiger charge is 2.28. The molecule has 0 aliphatic carbocycles. The summed E-state index contributed by atoms with van der Waals surface area (Å²) >= 11 is 0. The van der Waals surface area contributed by atoms with Crippen LogP contribution < -0.4 is 15.5 Å². The van der Waals surface area contributed by atoms with Crippen molar-refractivity contribution in [2.75, 3.05) is 24.5 Å². The molecule has 1 saturated heterocycles. The Morgan fingerprint density at radius 2 is 2.05 bits per heavy atom. The van der Waals surface area contributed by atoms with Crippen LogP contribution in [-0.2, 0) is 4.79 Å². The summed E-state index contributed by atoms with van der Waals surface area (Å²) in [7, 11) is 0. The zero-order chi connectivity index (χ0) is 15.2. The van der Waals surface area contributed by atoms with Gasteiger partial charge in [0.05, 0.1) is 0 Å². The van der Waals surface area contributed by atoms with Crippen molar-refractivity contribution in [1.29, 1.82) is 0 Å². The molecule has 1 aromatic rings. The van der Waals surface area contributed by atoms with Crippen molar-refractivity contribution in [2.24, 2.45) is 0 Å². The second kappa shape index (κ2) is 7.46. The van der Waals surface area contributed by atoms with E-state index < -0.39 is 0 Å². The zero-order valence-corrected chi connectivity index (χ0v) is 13.4. The standard InChI is InChI=1S/C17H27N3O/c1-4-10-18-13(3)14-6-8-15(9-7-14)20-12-11-19-17(21)16(20)5-2/h6-9,13,16,18H,4-5,10-12H2,1-3H3,(H,19,21). The van der Waals surface area contributed by atoms with E-state index in [0.29, 0.717) is 6.04 Å². The van der Waals surface area contributed by atoms with Gasteiger partial charge >= 0.3 is 0 Å². The smallest absolute Gasteiger partial charge is 0.242 e. The zero-order valence-electron chi connectivity index (χ0n) is 13.4. The summed E-state index contributed by atoms with van der Waals surface area (Å²) in [6.07, 6.45) is 1.98. The Morgan fingerprint density at radius 1 is 1.33 bits per heavy atom. The summed E-state index contributed by atoms with van der Waals surface area (Å²) in [6, 6.07) is 8.94. The number of amides is 1. The third kappa shape index (κ3) is 3.76. The van der Waals surface area contributed by atoms with E-state index in [4.69, 9.17) is 0 Å². The first-order valence-corrected chi connectivity index (χ1v) is 8.05. The van der Waals surface area contributed by atoms with E-state index in [1.807, 2.05) is 0 Å². The molecule has 4 nitrogen and oxygen atoms in total. The van der Waals surface area contributed by atoms with Crippen molar-refractivity contribution in [3.63, 3.8) is 0 Å². The number of anilines is 1. The van der Waals surface area contributed by atoms with Gasteiger partial charge in [0.15, 0.2) is 0 Å². The molecular formula is C17H27N3O. The van der Waals surface area contributed by atoms with Crippen molar-refractivity contribution in [3.05, 3.63) is 29.8 Å². The van der Waals surface area contributed by atoms with Crippen LogP contribution in [-0.4, -0.2) is 31.6 Å². The summed E-state index contributed by atoms with van der Waals surface area (Å²) in [4.78, 5) is 14.2. The average Bonchev–Trinajstić information content (AvgIpc) is 2.52. The summed E-state index contributed by atoms with van der Waals surface area (Å²) in [5.41, 5.74) is 2.44. The fourth-order valence-electron chi connectivity index (χ4n) is 2.86. The van der Waals surface area contributed by atoms with E-state index in [1.165, 1.54) is 5.56 Å². The third-order valence-corrected chi connectivity index (χ3v) is 4.14. The van der Waals surface area contributed by atoms with E-state index in [9.17, 15) is 4.79 Å². The van der Waals surface area contributed by atoms with Gasteiger partial charge in [0.25, 0.3) is 0 Å². The summed E-state index contributed by atoms with van der Waals surface area (Å²) in [5, 5.41) is 6.44. The van der Waals surface area contributed by atoms with Gasteiger partial charge in [-0.25, -0.2) is 0 Å². The monoisotopic (exact) mass is 289 g/mol. The topological polar surface area (TPSA) is 44.4 Å². The Bertz CT molecular complexity index is 458. The number of rotatable bonds is 6. The minimum absolute atomic E-state index is 0.0414. The summed E-state index contributed by atoms with van der Waals surface area (Å²) < 4.78 is 0. The van der Waals surface area contributed by atoms with Crippen LogP contribution in [0.25, 0.3) is 0 Å². The van der Waals surface area contributed by atoms with Crippen LogP contribution in [0.4, 0.5) is 5.69 Å². The van der Waals surface area contributed by atoms with E-state index in [0.717, 1.165) is 38.2 Å². The molecule has 1 aliphatic rings. The minimum atomic E-state index is -0.0414. The molecule has 1 aromatic carbocycles. The second-order valence-electron chi connectivity index (χ2n) is 5.68. The third-order valence-electron chi connectivity index (χ3n) is 4.14. The normalized spacial score (nSPS) is 20.2. The summed E-state index contributed by atoms with van der Waals surface area (Å²) in [6.45, 7) is 9.07. The molecule has 0 bridgehead atoms. The molecule has 1 aliphatic heterocycles. The number of nitrogens with zero attached hydrogens (tertiary/aromatic N) is 1. The first-order valence-electron chi connectivity index (χ1n) is 8.05. The highest BCUT2D eigenvalue weighted by atomic mass is 16.2. The molecule has 0 radical (unpaired) electrons. The van der Waals surface area contributed by atoms with Crippen LogP contribution in [0, 0.1) is 0 Å². The van der Waals surface area contributed by atoms with Crippen molar-refractivity contribution in [3.8, 4) is 0 Å². The van der Waals surface area contributed by atoms with E-state index >= 15 is 0 Å². The van der Waals surface area contributed by atoms with Crippen LogP contribution in [0.1, 0.15) is 45.2 Å². The number of carbonyl (C=O) groups excluding carboxylic acids is 1. The maximum absolute atomic E-state index is 11.9. The highest BCUT2D eigenvalue weighted by Crippen LogP contribution is 2.23. The molecular weight excluding hydrogens is 262 g/mol. The lowest BCUT2D eigenvalue weighted by Gasteiger charge is -2.36. The largest absolute Gasteiger partial charge is 0.358 e. The maximum atomic E-state index is 11.9. The quantitative estimate of drug-likeness (QED) is 0.845. The predicted molar refractivity (Wildman–Crippen MR) is 87.6 cm³/mol. The molecule has 0 saturated carbocycles. The van der Waals surface area contributed by atoms with Gasteiger partial charge in [0, 0.05) is 24.8 Å². The van der Waals surface area contributed by atoms with Crippen molar-refractivity contribution >= 4 is 11.6 Å². The molecule has 2 rings (SSSR count). The Morgan fingerprint density at radius 3 is 2.67 bits per heavy atom. The van der Waals surface area contributed by atoms with Crippen molar-refractivity contribution in [2.45, 2.75) is 45.7 Å². The van der Waals surface area contributed by atoms with Gasteiger partial charge in [0.1, 0.15) is 6.04 Å². The predicted octanol–water partition coefficient (Wildman–Crippen LogP) is 2.46. The molecule has 116 valence electrons. The van der Waals surface area contributed by atoms with Gasteiger partial charge in [-0.15, -0.1) is 0 Å². The molecule has 2 N–H and O–H groups in total. The molecule has 21 heavy (non-hydrogen) atoms. The van der Waals surface area contributed by atoms with E-state index in [-0.39, 0.29) is 11.9 Å². The van der Waals surface area contributed by atoms with Gasteiger partial charge in [0.2, 0.25) is 5.91 Å². The lowest BCUT2D eigenvalue weighted by Crippen LogP contribution is -2.55. The molecule has 0 aromatic heterocycles. The number of hydrogen-bond acceptors (Lipinski definition) is 3. The molecule has 4 heteroatoms. The lowest BCUT2D eigenvalue weighted by atomic mass is 10.0. The molecule has 2 unspecified atom stereocenters. The van der Waals surface area contributed by atoms with Gasteiger partial charge < -0.3 is 15.5 Å². The minimum Gasteiger partial charge on any atom is -0.358 e. The summed E-state index contributed by atoms with van der Waals surface area (Å²) in [5.74, 6) is 0.144. The highest BCUT2D eigenvalue weighted by molar-refractivity contribution is 5.86. The Labute approximate surface area is 127 Å². The average molecular weight is 289 g/mol. The Hall–Kier alpha value is -1.55. The number of hydrogen-bond donors (Lipinski definition) is 2. The van der Waals surface area contributed by atoms with Crippen molar-refractivity contribution < 1.29 is 4.79 Å². The number of piperazine rings is 1. The number of nitrogens with one attached hydrogen (secondary N) is 2. The molecule has 1 fully saturated rings. The van der Waals surface area contributed by atoms with E-state index in [1.54, 1.807) is 0 Å². The molecule has 1 amide bonds. The van der Waals surface area contributed by atoms with Crippen LogP contribution in [0.5, 0.6) is 0 Å². The molecule has 1 heterocycles. The molecule has 2 atom stereocenters. The Kier molecular flexibility index (Phi) is 5.62. The number of benzene rings is 1. The van der Waals surface area contributed by atoms with Gasteiger partial charge in [-0.05, 0) is 44.0 Å². The van der Waals surface area contributed by atoms with Gasteiger partial charge in [-0.3, -0.25) is 4.79 Å². The molecule has 0 spiro atoms. The Balaban J connectivity index is 2.08. The van der Waals surface area contributed by atoms with E-state index in [2.05, 4.69) is 60.6 Å². The van der Waals surface area contributed by atoms with Crippen LogP contribution >= 0.6 is 0 Å². The van der Waals surface area contributed by atoms with Gasteiger partial charge in [-0.1, -0.05) is 26.0 Å². The van der Waals surface area contributed by atoms with Crippen LogP contribution in [0.2, 0.25) is 0 Å².